The van der Waals surface area contributed by atoms with Crippen LogP contribution in [-0.2, 0) is 4.74 Å². The average Bonchev–Trinajstić information content (AvgIpc) is 2.60. The zero-order valence-corrected chi connectivity index (χ0v) is 15.6. The highest BCUT2D eigenvalue weighted by atomic mass is 16.5. The van der Waals surface area contributed by atoms with Gasteiger partial charge in [0.2, 0.25) is 0 Å². The molecule has 134 valence electrons. The van der Waals surface area contributed by atoms with E-state index in [-0.39, 0.29) is 5.97 Å². The number of ether oxygens (including phenoxy) is 1. The third-order valence-corrected chi connectivity index (χ3v) is 5.45. The molecule has 0 unspecified atom stereocenters. The number of anilines is 1. The van der Waals surface area contributed by atoms with E-state index in [4.69, 9.17) is 4.74 Å². The van der Waals surface area contributed by atoms with E-state index in [2.05, 4.69) is 31.1 Å². The Morgan fingerprint density at radius 2 is 1.84 bits per heavy atom. The third-order valence-electron chi connectivity index (χ3n) is 5.45. The van der Waals surface area contributed by atoms with E-state index in [9.17, 15) is 4.79 Å². The topological polar surface area (TPSA) is 51.2 Å². The van der Waals surface area contributed by atoms with E-state index in [1.54, 1.807) is 6.07 Å². The molecule has 0 bridgehead atoms. The number of nitrogens with one attached hydrogen (secondary N) is 1. The van der Waals surface area contributed by atoms with E-state index in [0.29, 0.717) is 17.0 Å². The van der Waals surface area contributed by atoms with Crippen LogP contribution in [0.5, 0.6) is 0 Å². The Bertz CT molecular complexity index is 756. The minimum absolute atomic E-state index is 0.311. The van der Waals surface area contributed by atoms with Crippen molar-refractivity contribution in [2.45, 2.75) is 52.5 Å². The van der Waals surface area contributed by atoms with Crippen molar-refractivity contribution < 1.29 is 9.53 Å². The fourth-order valence-corrected chi connectivity index (χ4v) is 3.78. The minimum Gasteiger partial charge on any atom is -0.465 e. The van der Waals surface area contributed by atoms with E-state index in [1.807, 2.05) is 24.4 Å². The molecule has 0 saturated heterocycles. The van der Waals surface area contributed by atoms with Crippen LogP contribution < -0.4 is 5.32 Å². The number of pyridine rings is 1. The highest BCUT2D eigenvalue weighted by Crippen LogP contribution is 2.38. The van der Waals surface area contributed by atoms with Gasteiger partial charge in [-0.1, -0.05) is 26.8 Å². The number of nitrogens with zero attached hydrogens (tertiary/aromatic N) is 1. The lowest BCUT2D eigenvalue weighted by molar-refractivity contribution is 0.0601. The number of hydrogen-bond donors (Lipinski definition) is 1. The van der Waals surface area contributed by atoms with Crippen LogP contribution >= 0.6 is 0 Å². The molecule has 0 radical (unpaired) electrons. The zero-order valence-electron chi connectivity index (χ0n) is 15.6. The summed E-state index contributed by atoms with van der Waals surface area (Å²) in [5.74, 6) is 1.38. The highest BCUT2D eigenvalue weighted by Gasteiger charge is 2.29. The van der Waals surface area contributed by atoms with Gasteiger partial charge < -0.3 is 10.1 Å². The monoisotopic (exact) mass is 340 g/mol. The Balaban J connectivity index is 1.71. The van der Waals surface area contributed by atoms with Gasteiger partial charge in [0.1, 0.15) is 5.82 Å². The SMILES string of the molecule is COC(=O)c1ccc2cnc(N[C@H]3CC[C@H](C(C)(C)C)CC3)cc2c1. The molecule has 3 rings (SSSR count). The lowest BCUT2D eigenvalue weighted by Crippen LogP contribution is -2.31. The van der Waals surface area contributed by atoms with Gasteiger partial charge in [-0.05, 0) is 60.6 Å². The van der Waals surface area contributed by atoms with Gasteiger partial charge in [-0.3, -0.25) is 0 Å². The maximum absolute atomic E-state index is 11.7. The summed E-state index contributed by atoms with van der Waals surface area (Å²) in [6, 6.07) is 8.05. The Hall–Kier alpha value is -2.10. The molecule has 1 aliphatic rings. The molecule has 0 aliphatic heterocycles. The van der Waals surface area contributed by atoms with Crippen LogP contribution in [0.1, 0.15) is 56.8 Å². The lowest BCUT2D eigenvalue weighted by atomic mass is 9.71. The van der Waals surface area contributed by atoms with Gasteiger partial charge in [-0.15, -0.1) is 0 Å². The molecular weight excluding hydrogens is 312 g/mol. The van der Waals surface area contributed by atoms with E-state index in [1.165, 1.54) is 32.8 Å². The molecular formula is C21H28N2O2. The molecule has 0 amide bonds. The molecule has 25 heavy (non-hydrogen) atoms. The van der Waals surface area contributed by atoms with Crippen LogP contribution in [0, 0.1) is 11.3 Å². The van der Waals surface area contributed by atoms with Gasteiger partial charge >= 0.3 is 5.97 Å². The molecule has 2 aromatic rings. The summed E-state index contributed by atoms with van der Waals surface area (Å²) in [5, 5.41) is 5.61. The van der Waals surface area contributed by atoms with Crippen molar-refractivity contribution in [1.82, 2.24) is 4.98 Å². The Kier molecular flexibility index (Phi) is 4.98. The van der Waals surface area contributed by atoms with Gasteiger partial charge in [-0.2, -0.15) is 0 Å². The van der Waals surface area contributed by atoms with Crippen LogP contribution in [0.3, 0.4) is 0 Å². The predicted molar refractivity (Wildman–Crippen MR) is 102 cm³/mol. The second-order valence-corrected chi connectivity index (χ2v) is 8.18. The molecule has 1 aliphatic carbocycles. The quantitative estimate of drug-likeness (QED) is 0.796. The first kappa shape index (κ1) is 17.7. The molecule has 1 aromatic heterocycles. The number of esters is 1. The van der Waals surface area contributed by atoms with Gasteiger partial charge in [0.25, 0.3) is 0 Å². The number of methoxy groups -OCH3 is 1. The van der Waals surface area contributed by atoms with Crippen molar-refractivity contribution in [2.75, 3.05) is 12.4 Å². The van der Waals surface area contributed by atoms with E-state index < -0.39 is 0 Å². The summed E-state index contributed by atoms with van der Waals surface area (Å²) in [6.45, 7) is 7.03. The van der Waals surface area contributed by atoms with Gasteiger partial charge in [0.15, 0.2) is 0 Å². The third kappa shape index (κ3) is 4.12. The molecule has 1 aromatic carbocycles. The van der Waals surface area contributed by atoms with Gasteiger partial charge in [0, 0.05) is 17.6 Å². The predicted octanol–water partition coefficient (Wildman–Crippen LogP) is 5.04. The Labute approximate surface area is 150 Å². The number of aromatic nitrogens is 1. The maximum atomic E-state index is 11.7. The van der Waals surface area contributed by atoms with Crippen molar-refractivity contribution in [3.8, 4) is 0 Å². The zero-order chi connectivity index (χ0) is 18.0. The number of carbonyl (C=O) groups excluding carboxylic acids is 1. The van der Waals surface area contributed by atoms with Crippen LogP contribution in [0.25, 0.3) is 10.8 Å². The summed E-state index contributed by atoms with van der Waals surface area (Å²) in [5.41, 5.74) is 0.967. The number of fused-ring (bicyclic) bond motifs is 1. The van der Waals surface area contributed by atoms with Crippen molar-refractivity contribution in [3.05, 3.63) is 36.0 Å². The molecule has 4 heteroatoms. The largest absolute Gasteiger partial charge is 0.465 e. The fourth-order valence-electron chi connectivity index (χ4n) is 3.78. The van der Waals surface area contributed by atoms with Crippen LogP contribution in [-0.4, -0.2) is 24.1 Å². The molecule has 4 nitrogen and oxygen atoms in total. The Morgan fingerprint density at radius 1 is 1.12 bits per heavy atom. The van der Waals surface area contributed by atoms with Crippen molar-refractivity contribution in [2.24, 2.45) is 11.3 Å². The molecule has 1 heterocycles. The number of carbonyl (C=O) groups is 1. The van der Waals surface area contributed by atoms with Crippen molar-refractivity contribution >= 4 is 22.6 Å². The molecule has 1 N–H and O–H groups in total. The second kappa shape index (κ2) is 7.03. The number of rotatable bonds is 3. The Morgan fingerprint density at radius 3 is 2.48 bits per heavy atom. The molecule has 0 atom stereocenters. The van der Waals surface area contributed by atoms with Crippen molar-refractivity contribution in [3.63, 3.8) is 0 Å². The number of hydrogen-bond acceptors (Lipinski definition) is 4. The minimum atomic E-state index is -0.311. The van der Waals surface area contributed by atoms with Crippen molar-refractivity contribution in [1.29, 1.82) is 0 Å². The lowest BCUT2D eigenvalue weighted by Gasteiger charge is -2.37. The molecule has 1 saturated carbocycles. The highest BCUT2D eigenvalue weighted by molar-refractivity contribution is 5.95. The number of benzene rings is 1. The second-order valence-electron chi connectivity index (χ2n) is 8.18. The first-order chi connectivity index (χ1) is 11.9. The smallest absolute Gasteiger partial charge is 0.337 e. The maximum Gasteiger partial charge on any atom is 0.337 e. The standard InChI is InChI=1S/C21H28N2O2/c1-21(2,3)17-7-9-18(10-8-17)23-19-12-16-11-14(20(24)25-4)5-6-15(16)13-22-19/h5-6,11-13,17-18H,7-10H2,1-4H3,(H,22,23)/t17-,18-. The fraction of sp³-hybridized carbons (Fsp3) is 0.524. The van der Waals surface area contributed by atoms with E-state index >= 15 is 0 Å². The molecule has 0 spiro atoms. The van der Waals surface area contributed by atoms with Gasteiger partial charge in [-0.25, -0.2) is 9.78 Å². The summed E-state index contributed by atoms with van der Waals surface area (Å²) < 4.78 is 4.80. The molecule has 1 fully saturated rings. The van der Waals surface area contributed by atoms with Crippen LogP contribution in [0.15, 0.2) is 30.5 Å². The van der Waals surface area contributed by atoms with Gasteiger partial charge in [0.05, 0.1) is 12.7 Å². The summed E-state index contributed by atoms with van der Waals surface area (Å²) in [6.07, 6.45) is 6.76. The first-order valence-electron chi connectivity index (χ1n) is 9.11. The summed E-state index contributed by atoms with van der Waals surface area (Å²) in [4.78, 5) is 16.3. The van der Waals surface area contributed by atoms with Crippen LogP contribution in [0.2, 0.25) is 0 Å². The average molecular weight is 340 g/mol. The normalized spacial score (nSPS) is 21.1. The summed E-state index contributed by atoms with van der Waals surface area (Å²) in [7, 11) is 1.40. The van der Waals surface area contributed by atoms with E-state index in [0.717, 1.165) is 22.5 Å². The summed E-state index contributed by atoms with van der Waals surface area (Å²) >= 11 is 0. The first-order valence-corrected chi connectivity index (χ1v) is 9.11. The van der Waals surface area contributed by atoms with Crippen LogP contribution in [0.4, 0.5) is 5.82 Å².